The second-order valence-corrected chi connectivity index (χ2v) is 6.65. The first-order valence-corrected chi connectivity index (χ1v) is 8.61. The lowest BCUT2D eigenvalue weighted by atomic mass is 10.1. The molecule has 1 heterocycles. The Morgan fingerprint density at radius 1 is 1.15 bits per heavy atom. The largest absolute Gasteiger partial charge is 0.478 e. The summed E-state index contributed by atoms with van der Waals surface area (Å²) >= 11 is 0. The van der Waals surface area contributed by atoms with Crippen LogP contribution in [0.15, 0.2) is 48.5 Å². The molecule has 1 aliphatic heterocycles. The number of likely N-dealkylation sites (N-methyl/N-ethyl adjacent to an activating group) is 1. The molecule has 0 saturated carbocycles. The topological polar surface area (TPSA) is 72.9 Å². The van der Waals surface area contributed by atoms with Gasteiger partial charge in [-0.05, 0) is 36.2 Å². The Morgan fingerprint density at radius 2 is 1.85 bits per heavy atom. The zero-order valence-corrected chi connectivity index (χ0v) is 15.0. The average Bonchev–Trinajstić information content (AvgIpc) is 2.76. The molecule has 6 nitrogen and oxygen atoms in total. The van der Waals surface area contributed by atoms with E-state index in [0.717, 1.165) is 23.4 Å². The number of nitrogens with zero attached hydrogens (tertiary/aromatic N) is 2. The van der Waals surface area contributed by atoms with Crippen LogP contribution in [0.3, 0.4) is 0 Å². The summed E-state index contributed by atoms with van der Waals surface area (Å²) in [5.74, 6) is -0.957. The van der Waals surface area contributed by atoms with Crippen LogP contribution in [0, 0.1) is 0 Å². The highest BCUT2D eigenvalue weighted by atomic mass is 16.4. The maximum Gasteiger partial charge on any atom is 0.335 e. The number of benzene rings is 2. The number of carbonyl (C=O) groups is 2. The molecule has 1 aliphatic rings. The number of hydrogen-bond donors (Lipinski definition) is 2. The van der Waals surface area contributed by atoms with E-state index in [-0.39, 0.29) is 17.6 Å². The van der Waals surface area contributed by atoms with Crippen LogP contribution in [0.1, 0.15) is 28.4 Å². The van der Waals surface area contributed by atoms with Gasteiger partial charge in [-0.1, -0.05) is 30.3 Å². The van der Waals surface area contributed by atoms with Crippen molar-refractivity contribution in [2.75, 3.05) is 18.5 Å². The molecule has 0 fully saturated rings. The van der Waals surface area contributed by atoms with Crippen LogP contribution in [0.2, 0.25) is 0 Å². The SMILES string of the molecule is CC1CN(C)c2ccccc2CN1C(=O)NCc1ccc(C(=O)O)cc1. The Morgan fingerprint density at radius 3 is 2.54 bits per heavy atom. The first kappa shape index (κ1) is 17.8. The third-order valence-electron chi connectivity index (χ3n) is 4.72. The van der Waals surface area contributed by atoms with Crippen molar-refractivity contribution in [3.05, 3.63) is 65.2 Å². The highest BCUT2D eigenvalue weighted by Crippen LogP contribution is 2.26. The molecule has 1 atom stereocenters. The first-order valence-electron chi connectivity index (χ1n) is 8.61. The van der Waals surface area contributed by atoms with Gasteiger partial charge in [0.2, 0.25) is 0 Å². The fourth-order valence-electron chi connectivity index (χ4n) is 3.27. The molecule has 1 unspecified atom stereocenters. The second-order valence-electron chi connectivity index (χ2n) is 6.65. The number of urea groups is 1. The lowest BCUT2D eigenvalue weighted by Gasteiger charge is -2.28. The molecule has 2 amide bonds. The van der Waals surface area contributed by atoms with Gasteiger partial charge in [-0.25, -0.2) is 9.59 Å². The van der Waals surface area contributed by atoms with Crippen molar-refractivity contribution in [2.24, 2.45) is 0 Å². The van der Waals surface area contributed by atoms with Crippen molar-refractivity contribution >= 4 is 17.7 Å². The molecule has 0 aromatic heterocycles. The van der Waals surface area contributed by atoms with E-state index in [2.05, 4.69) is 22.3 Å². The van der Waals surface area contributed by atoms with E-state index in [0.29, 0.717) is 13.1 Å². The second kappa shape index (κ2) is 7.47. The van der Waals surface area contributed by atoms with E-state index >= 15 is 0 Å². The molecular weight excluding hydrogens is 330 g/mol. The van der Waals surface area contributed by atoms with E-state index in [9.17, 15) is 9.59 Å². The summed E-state index contributed by atoms with van der Waals surface area (Å²) in [7, 11) is 2.04. The first-order chi connectivity index (χ1) is 12.5. The minimum absolute atomic E-state index is 0.0711. The molecule has 0 saturated heterocycles. The molecule has 0 radical (unpaired) electrons. The fourth-order valence-corrected chi connectivity index (χ4v) is 3.27. The Hall–Kier alpha value is -3.02. The monoisotopic (exact) mass is 353 g/mol. The Balaban J connectivity index is 1.68. The molecule has 26 heavy (non-hydrogen) atoms. The van der Waals surface area contributed by atoms with E-state index in [4.69, 9.17) is 5.11 Å². The molecule has 136 valence electrons. The third-order valence-corrected chi connectivity index (χ3v) is 4.72. The summed E-state index contributed by atoms with van der Waals surface area (Å²) in [5.41, 5.74) is 3.38. The highest BCUT2D eigenvalue weighted by Gasteiger charge is 2.26. The predicted molar refractivity (Wildman–Crippen MR) is 100 cm³/mol. The van der Waals surface area contributed by atoms with Gasteiger partial charge >= 0.3 is 12.0 Å². The number of aromatic carboxylic acids is 1. The average molecular weight is 353 g/mol. The summed E-state index contributed by atoms with van der Waals surface area (Å²) in [6, 6.07) is 14.6. The number of hydrogen-bond acceptors (Lipinski definition) is 3. The van der Waals surface area contributed by atoms with Crippen molar-refractivity contribution in [3.63, 3.8) is 0 Å². The number of anilines is 1. The number of carbonyl (C=O) groups excluding carboxylic acids is 1. The van der Waals surface area contributed by atoms with Crippen LogP contribution in [0.25, 0.3) is 0 Å². The number of carboxylic acid groups (broad SMARTS) is 1. The Kier molecular flexibility index (Phi) is 5.11. The van der Waals surface area contributed by atoms with Crippen LogP contribution in [0.5, 0.6) is 0 Å². The summed E-state index contributed by atoms with van der Waals surface area (Å²) in [6.07, 6.45) is 0. The molecule has 0 aliphatic carbocycles. The molecule has 2 aromatic rings. The minimum Gasteiger partial charge on any atom is -0.478 e. The van der Waals surface area contributed by atoms with Gasteiger partial charge in [0.1, 0.15) is 0 Å². The number of amides is 2. The molecule has 2 N–H and O–H groups in total. The number of fused-ring (bicyclic) bond motifs is 1. The summed E-state index contributed by atoms with van der Waals surface area (Å²) < 4.78 is 0. The van der Waals surface area contributed by atoms with Gasteiger partial charge in [-0.2, -0.15) is 0 Å². The highest BCUT2D eigenvalue weighted by molar-refractivity contribution is 5.87. The van der Waals surface area contributed by atoms with Crippen LogP contribution in [-0.2, 0) is 13.1 Å². The van der Waals surface area contributed by atoms with Crippen molar-refractivity contribution in [3.8, 4) is 0 Å². The van der Waals surface area contributed by atoms with E-state index in [1.54, 1.807) is 24.3 Å². The van der Waals surface area contributed by atoms with E-state index in [1.165, 1.54) is 0 Å². The van der Waals surface area contributed by atoms with Crippen LogP contribution >= 0.6 is 0 Å². The normalized spacial score (nSPS) is 16.6. The van der Waals surface area contributed by atoms with E-state index in [1.807, 2.05) is 31.0 Å². The van der Waals surface area contributed by atoms with Crippen LogP contribution in [-0.4, -0.2) is 41.6 Å². The van der Waals surface area contributed by atoms with Crippen LogP contribution in [0.4, 0.5) is 10.5 Å². The number of carboxylic acids is 1. The van der Waals surface area contributed by atoms with Crippen molar-refractivity contribution in [1.82, 2.24) is 10.2 Å². The molecule has 2 aromatic carbocycles. The van der Waals surface area contributed by atoms with Gasteiger partial charge in [0.05, 0.1) is 5.56 Å². The lowest BCUT2D eigenvalue weighted by molar-refractivity contribution is 0.0697. The van der Waals surface area contributed by atoms with Crippen molar-refractivity contribution < 1.29 is 14.7 Å². The minimum atomic E-state index is -0.957. The molecule has 3 rings (SSSR count). The summed E-state index contributed by atoms with van der Waals surface area (Å²) in [4.78, 5) is 27.6. The molecule has 0 bridgehead atoms. The lowest BCUT2D eigenvalue weighted by Crippen LogP contribution is -2.46. The molecular formula is C20H23N3O3. The number of nitrogens with one attached hydrogen (secondary N) is 1. The maximum atomic E-state index is 12.7. The predicted octanol–water partition coefficient (Wildman–Crippen LogP) is 2.93. The zero-order valence-electron chi connectivity index (χ0n) is 15.0. The van der Waals surface area contributed by atoms with Gasteiger partial charge < -0.3 is 20.2 Å². The third kappa shape index (κ3) is 3.79. The fraction of sp³-hybridized carbons (Fsp3) is 0.300. The van der Waals surface area contributed by atoms with Gasteiger partial charge in [0.15, 0.2) is 0 Å². The Bertz CT molecular complexity index is 804. The maximum absolute atomic E-state index is 12.7. The van der Waals surface area contributed by atoms with Crippen molar-refractivity contribution in [1.29, 1.82) is 0 Å². The van der Waals surface area contributed by atoms with Gasteiger partial charge in [-0.3, -0.25) is 0 Å². The number of para-hydroxylation sites is 1. The Labute approximate surface area is 153 Å². The summed E-state index contributed by atoms with van der Waals surface area (Å²) in [5, 5.41) is 11.9. The zero-order chi connectivity index (χ0) is 18.7. The molecule has 6 heteroatoms. The van der Waals surface area contributed by atoms with Gasteiger partial charge in [0.25, 0.3) is 0 Å². The standard InChI is InChI=1S/C20H23N3O3/c1-14-12-22(2)18-6-4-3-5-17(18)13-23(14)20(26)21-11-15-7-9-16(10-8-15)19(24)25/h3-10,14H,11-13H2,1-2H3,(H,21,26)(H,24,25). The smallest absolute Gasteiger partial charge is 0.335 e. The van der Waals surface area contributed by atoms with Crippen molar-refractivity contribution in [2.45, 2.75) is 26.1 Å². The quantitative estimate of drug-likeness (QED) is 0.890. The van der Waals surface area contributed by atoms with E-state index < -0.39 is 5.97 Å². The van der Waals surface area contributed by atoms with Crippen LogP contribution < -0.4 is 10.2 Å². The molecule has 0 spiro atoms. The van der Waals surface area contributed by atoms with Gasteiger partial charge in [-0.15, -0.1) is 0 Å². The number of rotatable bonds is 3. The summed E-state index contributed by atoms with van der Waals surface area (Å²) in [6.45, 7) is 3.73. The van der Waals surface area contributed by atoms with Gasteiger partial charge in [0, 0.05) is 38.4 Å².